The molecule has 0 aromatic heterocycles. The fourth-order valence-electron chi connectivity index (χ4n) is 1.23. The molecule has 0 aliphatic carbocycles. The van der Waals surface area contributed by atoms with Crippen molar-refractivity contribution in [3.8, 4) is 0 Å². The van der Waals surface area contributed by atoms with E-state index in [-0.39, 0.29) is 18.2 Å². The minimum absolute atomic E-state index is 0.0497. The number of halogens is 2. The van der Waals surface area contributed by atoms with Crippen LogP contribution in [0.5, 0.6) is 0 Å². The molecule has 0 aliphatic rings. The predicted octanol–water partition coefficient (Wildman–Crippen LogP) is 2.74. The standard InChI is InChI=1S/C11H12BrFO2/c1-15-7-10(14)5-3-8-2-4-9(13)6-11(8)12/h2,4,6H,3,5,7H2,1H3. The third kappa shape index (κ3) is 4.10. The molecule has 0 bridgehead atoms. The van der Waals surface area contributed by atoms with E-state index in [9.17, 15) is 9.18 Å². The molecule has 0 spiro atoms. The van der Waals surface area contributed by atoms with Crippen LogP contribution >= 0.6 is 15.9 Å². The van der Waals surface area contributed by atoms with E-state index in [0.717, 1.165) is 5.56 Å². The second kappa shape index (κ2) is 5.98. The zero-order valence-electron chi connectivity index (χ0n) is 8.43. The molecule has 0 amide bonds. The largest absolute Gasteiger partial charge is 0.377 e. The van der Waals surface area contributed by atoms with Crippen molar-refractivity contribution in [3.63, 3.8) is 0 Å². The predicted molar refractivity (Wildman–Crippen MR) is 59.3 cm³/mol. The Morgan fingerprint density at radius 3 is 2.87 bits per heavy atom. The van der Waals surface area contributed by atoms with Gasteiger partial charge in [-0.25, -0.2) is 4.39 Å². The van der Waals surface area contributed by atoms with Crippen molar-refractivity contribution in [3.05, 3.63) is 34.1 Å². The van der Waals surface area contributed by atoms with Gasteiger partial charge >= 0.3 is 0 Å². The molecule has 1 aromatic carbocycles. The molecule has 2 nitrogen and oxygen atoms in total. The monoisotopic (exact) mass is 274 g/mol. The van der Waals surface area contributed by atoms with Gasteiger partial charge in [-0.3, -0.25) is 4.79 Å². The molecule has 0 atom stereocenters. The van der Waals surface area contributed by atoms with Crippen molar-refractivity contribution in [1.82, 2.24) is 0 Å². The molecule has 0 saturated carbocycles. The Balaban J connectivity index is 2.54. The molecule has 0 radical (unpaired) electrons. The summed E-state index contributed by atoms with van der Waals surface area (Å²) < 4.78 is 18.2. The Morgan fingerprint density at radius 2 is 2.27 bits per heavy atom. The summed E-state index contributed by atoms with van der Waals surface area (Å²) in [4.78, 5) is 11.2. The summed E-state index contributed by atoms with van der Waals surface area (Å²) in [6.07, 6.45) is 1.02. The number of hydrogen-bond acceptors (Lipinski definition) is 2. The maximum Gasteiger partial charge on any atom is 0.158 e. The van der Waals surface area contributed by atoms with E-state index in [1.165, 1.54) is 19.2 Å². The Hall–Kier alpha value is -0.740. The first-order valence-electron chi connectivity index (χ1n) is 4.58. The first-order valence-corrected chi connectivity index (χ1v) is 5.37. The van der Waals surface area contributed by atoms with Gasteiger partial charge < -0.3 is 4.74 Å². The first kappa shape index (κ1) is 12.3. The highest BCUT2D eigenvalue weighted by Crippen LogP contribution is 2.19. The lowest BCUT2D eigenvalue weighted by atomic mass is 10.1. The number of carbonyl (C=O) groups excluding carboxylic acids is 1. The Labute approximate surface area is 96.6 Å². The summed E-state index contributed by atoms with van der Waals surface area (Å²) in [5.74, 6) is -0.234. The number of carbonyl (C=O) groups is 1. The van der Waals surface area contributed by atoms with Crippen molar-refractivity contribution in [2.45, 2.75) is 12.8 Å². The SMILES string of the molecule is COCC(=O)CCc1ccc(F)cc1Br. The van der Waals surface area contributed by atoms with Crippen molar-refractivity contribution >= 4 is 21.7 Å². The highest BCUT2D eigenvalue weighted by atomic mass is 79.9. The number of methoxy groups -OCH3 is 1. The summed E-state index contributed by atoms with van der Waals surface area (Å²) in [6.45, 7) is 0.138. The number of aryl methyl sites for hydroxylation is 1. The molecule has 1 rings (SSSR count). The van der Waals surface area contributed by atoms with Crippen molar-refractivity contribution in [2.24, 2.45) is 0 Å². The zero-order valence-corrected chi connectivity index (χ0v) is 10.0. The molecule has 0 heterocycles. The molecule has 0 unspecified atom stereocenters. The number of rotatable bonds is 5. The van der Waals surface area contributed by atoms with E-state index in [0.29, 0.717) is 17.3 Å². The minimum Gasteiger partial charge on any atom is -0.377 e. The van der Waals surface area contributed by atoms with Gasteiger partial charge in [0, 0.05) is 18.0 Å². The summed E-state index contributed by atoms with van der Waals surface area (Å²) in [5.41, 5.74) is 0.931. The second-order valence-electron chi connectivity index (χ2n) is 3.21. The summed E-state index contributed by atoms with van der Waals surface area (Å²) in [6, 6.07) is 4.47. The van der Waals surface area contributed by atoms with E-state index < -0.39 is 0 Å². The van der Waals surface area contributed by atoms with E-state index >= 15 is 0 Å². The van der Waals surface area contributed by atoms with Crippen molar-refractivity contribution < 1.29 is 13.9 Å². The fraction of sp³-hybridized carbons (Fsp3) is 0.364. The average Bonchev–Trinajstić information content (AvgIpc) is 2.17. The zero-order chi connectivity index (χ0) is 11.3. The molecule has 82 valence electrons. The maximum absolute atomic E-state index is 12.8. The fourth-order valence-corrected chi connectivity index (χ4v) is 1.78. The first-order chi connectivity index (χ1) is 7.13. The average molecular weight is 275 g/mol. The van der Waals surface area contributed by atoms with E-state index in [2.05, 4.69) is 15.9 Å². The summed E-state index contributed by atoms with van der Waals surface area (Å²) in [5, 5.41) is 0. The van der Waals surface area contributed by atoms with Gasteiger partial charge in [0.2, 0.25) is 0 Å². The van der Waals surface area contributed by atoms with E-state index in [1.54, 1.807) is 6.07 Å². The normalized spacial score (nSPS) is 10.3. The van der Waals surface area contributed by atoms with Crippen molar-refractivity contribution in [2.75, 3.05) is 13.7 Å². The minimum atomic E-state index is -0.283. The van der Waals surface area contributed by atoms with Crippen LogP contribution in [0.3, 0.4) is 0 Å². The van der Waals surface area contributed by atoms with Crippen LogP contribution in [0.1, 0.15) is 12.0 Å². The number of benzene rings is 1. The molecule has 1 aromatic rings. The van der Waals surface area contributed by atoms with Gasteiger partial charge in [0.15, 0.2) is 5.78 Å². The maximum atomic E-state index is 12.8. The molecule has 0 fully saturated rings. The molecular weight excluding hydrogens is 263 g/mol. The lowest BCUT2D eigenvalue weighted by Gasteiger charge is -2.03. The summed E-state index contributed by atoms with van der Waals surface area (Å²) >= 11 is 3.25. The van der Waals surface area contributed by atoms with Crippen LogP contribution in [0.15, 0.2) is 22.7 Å². The lowest BCUT2D eigenvalue weighted by molar-refractivity contribution is -0.122. The van der Waals surface area contributed by atoms with Crippen LogP contribution in [-0.4, -0.2) is 19.5 Å². The molecule has 0 saturated heterocycles. The number of ketones is 1. The van der Waals surface area contributed by atoms with Gasteiger partial charge in [-0.1, -0.05) is 22.0 Å². The second-order valence-corrected chi connectivity index (χ2v) is 4.06. The van der Waals surface area contributed by atoms with Gasteiger partial charge in [-0.15, -0.1) is 0 Å². The summed E-state index contributed by atoms with van der Waals surface area (Å²) in [7, 11) is 1.49. The number of Topliss-reactive ketones (excluding diaryl/α,β-unsaturated/α-hetero) is 1. The highest BCUT2D eigenvalue weighted by Gasteiger charge is 2.05. The van der Waals surface area contributed by atoms with Gasteiger partial charge in [-0.05, 0) is 24.1 Å². The lowest BCUT2D eigenvalue weighted by Crippen LogP contribution is -2.07. The smallest absolute Gasteiger partial charge is 0.158 e. The topological polar surface area (TPSA) is 26.3 Å². The van der Waals surface area contributed by atoms with Crippen LogP contribution in [0.4, 0.5) is 4.39 Å². The van der Waals surface area contributed by atoms with Crippen LogP contribution in [-0.2, 0) is 16.0 Å². The molecular formula is C11H12BrFO2. The van der Waals surface area contributed by atoms with E-state index in [4.69, 9.17) is 4.74 Å². The van der Waals surface area contributed by atoms with E-state index in [1.807, 2.05) is 0 Å². The number of ether oxygens (including phenoxy) is 1. The number of hydrogen-bond donors (Lipinski definition) is 0. The van der Waals surface area contributed by atoms with Crippen LogP contribution in [0.25, 0.3) is 0 Å². The van der Waals surface area contributed by atoms with Crippen molar-refractivity contribution in [1.29, 1.82) is 0 Å². The molecule has 15 heavy (non-hydrogen) atoms. The highest BCUT2D eigenvalue weighted by molar-refractivity contribution is 9.10. The third-order valence-electron chi connectivity index (χ3n) is 1.99. The third-order valence-corrected chi connectivity index (χ3v) is 2.73. The van der Waals surface area contributed by atoms with Crippen LogP contribution in [0, 0.1) is 5.82 Å². The Bertz CT molecular complexity index is 352. The quantitative estimate of drug-likeness (QED) is 0.826. The van der Waals surface area contributed by atoms with Gasteiger partial charge in [0.25, 0.3) is 0 Å². The van der Waals surface area contributed by atoms with Gasteiger partial charge in [0.05, 0.1) is 0 Å². The molecule has 0 N–H and O–H groups in total. The Kier molecular flexibility index (Phi) is 4.91. The van der Waals surface area contributed by atoms with Crippen LogP contribution < -0.4 is 0 Å². The van der Waals surface area contributed by atoms with Gasteiger partial charge in [-0.2, -0.15) is 0 Å². The van der Waals surface area contributed by atoms with Gasteiger partial charge in [0.1, 0.15) is 12.4 Å². The Morgan fingerprint density at radius 1 is 1.53 bits per heavy atom. The molecule has 0 aliphatic heterocycles. The van der Waals surface area contributed by atoms with Crippen LogP contribution in [0.2, 0.25) is 0 Å². The molecule has 4 heteroatoms.